The smallest absolute Gasteiger partial charge is 0.258 e. The highest BCUT2D eigenvalue weighted by Gasteiger charge is 2.38. The Hall–Kier alpha value is -1.97. The van der Waals surface area contributed by atoms with Gasteiger partial charge in [-0.05, 0) is 6.07 Å². The molecular formula is C15H16FN3O2. The number of nitriles is 1. The molecule has 2 aliphatic heterocycles. The van der Waals surface area contributed by atoms with Crippen LogP contribution in [-0.4, -0.2) is 55.1 Å². The van der Waals surface area contributed by atoms with Crippen LogP contribution in [0.3, 0.4) is 0 Å². The quantitative estimate of drug-likeness (QED) is 0.838. The third kappa shape index (κ3) is 2.50. The topological polar surface area (TPSA) is 56.6 Å². The first kappa shape index (κ1) is 14.0. The highest BCUT2D eigenvalue weighted by atomic mass is 19.1. The number of hydrogen-bond donors (Lipinski definition) is 0. The predicted octanol–water partition coefficient (Wildman–Crippen LogP) is 1.18. The molecule has 0 N–H and O–H groups in total. The maximum Gasteiger partial charge on any atom is 0.258 e. The fourth-order valence-electron chi connectivity index (χ4n) is 2.87. The average Bonchev–Trinajstić information content (AvgIpc) is 2.79. The van der Waals surface area contributed by atoms with Gasteiger partial charge in [0.1, 0.15) is 11.9 Å². The van der Waals surface area contributed by atoms with Crippen LogP contribution in [0.25, 0.3) is 0 Å². The normalized spacial score (nSPS) is 22.2. The van der Waals surface area contributed by atoms with Gasteiger partial charge in [-0.15, -0.1) is 0 Å². The highest BCUT2D eigenvalue weighted by molar-refractivity contribution is 5.99. The highest BCUT2D eigenvalue weighted by Crippen LogP contribution is 2.34. The summed E-state index contributed by atoms with van der Waals surface area (Å²) in [5.74, 6) is -0.936. The average molecular weight is 289 g/mol. The van der Waals surface area contributed by atoms with Gasteiger partial charge in [0.05, 0.1) is 24.8 Å². The molecule has 2 heterocycles. The monoisotopic (exact) mass is 289 g/mol. The molecule has 3 rings (SSSR count). The van der Waals surface area contributed by atoms with Gasteiger partial charge in [-0.3, -0.25) is 9.69 Å². The Labute approximate surface area is 122 Å². The van der Waals surface area contributed by atoms with Crippen LogP contribution >= 0.6 is 0 Å². The zero-order valence-corrected chi connectivity index (χ0v) is 11.6. The zero-order valence-electron chi connectivity index (χ0n) is 11.6. The molecule has 1 saturated heterocycles. The fourth-order valence-corrected chi connectivity index (χ4v) is 2.87. The number of nitrogens with zero attached hydrogens (tertiary/aromatic N) is 3. The SMILES string of the molecule is N#CC1c2cccc(F)c2C(=O)N1CCN1CCOCC1. The molecule has 0 aliphatic carbocycles. The van der Waals surface area contributed by atoms with Crippen molar-refractivity contribution in [3.8, 4) is 6.07 Å². The Morgan fingerprint density at radius 2 is 2.10 bits per heavy atom. The number of carbonyl (C=O) groups excluding carboxylic acids is 1. The molecule has 0 aromatic heterocycles. The van der Waals surface area contributed by atoms with Gasteiger partial charge in [0, 0.05) is 31.7 Å². The van der Waals surface area contributed by atoms with Crippen molar-refractivity contribution in [2.45, 2.75) is 6.04 Å². The lowest BCUT2D eigenvalue weighted by Gasteiger charge is -2.29. The maximum atomic E-state index is 13.8. The predicted molar refractivity (Wildman–Crippen MR) is 73.0 cm³/mol. The summed E-state index contributed by atoms with van der Waals surface area (Å²) in [6.07, 6.45) is 0. The van der Waals surface area contributed by atoms with E-state index in [0.717, 1.165) is 13.1 Å². The lowest BCUT2D eigenvalue weighted by atomic mass is 10.1. The van der Waals surface area contributed by atoms with E-state index in [1.807, 2.05) is 0 Å². The molecule has 6 heteroatoms. The van der Waals surface area contributed by atoms with Crippen LogP contribution < -0.4 is 0 Å². The van der Waals surface area contributed by atoms with Gasteiger partial charge in [-0.25, -0.2) is 4.39 Å². The van der Waals surface area contributed by atoms with Crippen molar-refractivity contribution < 1.29 is 13.9 Å². The van der Waals surface area contributed by atoms with Crippen LogP contribution in [0, 0.1) is 17.1 Å². The molecule has 110 valence electrons. The van der Waals surface area contributed by atoms with E-state index in [0.29, 0.717) is 31.9 Å². The van der Waals surface area contributed by atoms with Gasteiger partial charge in [0.15, 0.2) is 0 Å². The van der Waals surface area contributed by atoms with E-state index in [4.69, 9.17) is 4.74 Å². The zero-order chi connectivity index (χ0) is 14.8. The van der Waals surface area contributed by atoms with E-state index >= 15 is 0 Å². The first-order chi connectivity index (χ1) is 10.2. The minimum atomic E-state index is -0.691. The summed E-state index contributed by atoms with van der Waals surface area (Å²) in [5, 5.41) is 9.33. The van der Waals surface area contributed by atoms with Crippen molar-refractivity contribution >= 4 is 5.91 Å². The number of amides is 1. The van der Waals surface area contributed by atoms with Crippen LogP contribution in [0.5, 0.6) is 0 Å². The van der Waals surface area contributed by atoms with Crippen LogP contribution in [0.1, 0.15) is 22.0 Å². The molecule has 2 aliphatic rings. The second kappa shape index (κ2) is 5.80. The van der Waals surface area contributed by atoms with Crippen LogP contribution in [0.15, 0.2) is 18.2 Å². The molecule has 1 amide bonds. The molecule has 0 bridgehead atoms. The number of morpholine rings is 1. The molecule has 21 heavy (non-hydrogen) atoms. The molecule has 1 aromatic rings. The van der Waals surface area contributed by atoms with E-state index in [1.165, 1.54) is 17.0 Å². The van der Waals surface area contributed by atoms with Crippen molar-refractivity contribution in [2.75, 3.05) is 39.4 Å². The molecular weight excluding hydrogens is 273 g/mol. The van der Waals surface area contributed by atoms with Gasteiger partial charge >= 0.3 is 0 Å². The number of halogens is 1. The lowest BCUT2D eigenvalue weighted by molar-refractivity contribution is 0.0319. The molecule has 1 aromatic carbocycles. The van der Waals surface area contributed by atoms with Crippen molar-refractivity contribution in [1.29, 1.82) is 5.26 Å². The number of rotatable bonds is 3. The van der Waals surface area contributed by atoms with E-state index in [1.54, 1.807) is 6.07 Å². The first-order valence-electron chi connectivity index (χ1n) is 7.01. The minimum absolute atomic E-state index is 0.0472. The maximum absolute atomic E-state index is 13.8. The van der Waals surface area contributed by atoms with Crippen LogP contribution in [0.4, 0.5) is 4.39 Å². The van der Waals surface area contributed by atoms with Gasteiger partial charge < -0.3 is 9.64 Å². The van der Waals surface area contributed by atoms with Crippen LogP contribution in [0.2, 0.25) is 0 Å². The van der Waals surface area contributed by atoms with Crippen molar-refractivity contribution in [2.24, 2.45) is 0 Å². The Morgan fingerprint density at radius 3 is 2.81 bits per heavy atom. The largest absolute Gasteiger partial charge is 0.379 e. The summed E-state index contributed by atoms with van der Waals surface area (Å²) >= 11 is 0. The molecule has 1 fully saturated rings. The number of benzene rings is 1. The van der Waals surface area contributed by atoms with Gasteiger partial charge in [-0.1, -0.05) is 12.1 Å². The second-order valence-corrected chi connectivity index (χ2v) is 5.19. The molecule has 0 radical (unpaired) electrons. The fraction of sp³-hybridized carbons (Fsp3) is 0.467. The number of hydrogen-bond acceptors (Lipinski definition) is 4. The first-order valence-corrected chi connectivity index (χ1v) is 7.01. The van der Waals surface area contributed by atoms with Crippen molar-refractivity contribution in [3.05, 3.63) is 35.1 Å². The number of fused-ring (bicyclic) bond motifs is 1. The number of carbonyl (C=O) groups is 1. The summed E-state index contributed by atoms with van der Waals surface area (Å²) in [4.78, 5) is 16.0. The molecule has 5 nitrogen and oxygen atoms in total. The lowest BCUT2D eigenvalue weighted by Crippen LogP contribution is -2.42. The Kier molecular flexibility index (Phi) is 3.86. The van der Waals surface area contributed by atoms with Crippen molar-refractivity contribution in [3.63, 3.8) is 0 Å². The standard InChI is InChI=1S/C15H16FN3O2/c16-12-3-1-2-11-13(10-17)19(15(20)14(11)12)5-4-18-6-8-21-9-7-18/h1-3,13H,4-9H2. The molecule has 1 atom stereocenters. The second-order valence-electron chi connectivity index (χ2n) is 5.19. The van der Waals surface area contributed by atoms with Crippen LogP contribution in [-0.2, 0) is 4.74 Å². The number of ether oxygens (including phenoxy) is 1. The van der Waals surface area contributed by atoms with Gasteiger partial charge in [0.2, 0.25) is 0 Å². The molecule has 0 spiro atoms. The third-order valence-electron chi connectivity index (χ3n) is 4.01. The summed E-state index contributed by atoms with van der Waals surface area (Å²) in [5.41, 5.74) is 0.524. The van der Waals surface area contributed by atoms with Gasteiger partial charge in [0.25, 0.3) is 5.91 Å². The molecule has 1 unspecified atom stereocenters. The van der Waals surface area contributed by atoms with Crippen molar-refractivity contribution in [1.82, 2.24) is 9.80 Å². The molecule has 0 saturated carbocycles. The van der Waals surface area contributed by atoms with E-state index < -0.39 is 11.9 Å². The minimum Gasteiger partial charge on any atom is -0.379 e. The Balaban J connectivity index is 1.76. The Bertz CT molecular complexity index is 593. The summed E-state index contributed by atoms with van der Waals surface area (Å²) in [7, 11) is 0. The Morgan fingerprint density at radius 1 is 1.33 bits per heavy atom. The van der Waals surface area contributed by atoms with E-state index in [9.17, 15) is 14.4 Å². The van der Waals surface area contributed by atoms with E-state index in [-0.39, 0.29) is 11.5 Å². The van der Waals surface area contributed by atoms with E-state index in [2.05, 4.69) is 11.0 Å². The summed E-state index contributed by atoms with van der Waals surface area (Å²) < 4.78 is 19.1. The summed E-state index contributed by atoms with van der Waals surface area (Å²) in [6, 6.07) is 5.87. The third-order valence-corrected chi connectivity index (χ3v) is 4.01. The summed E-state index contributed by atoms with van der Waals surface area (Å²) in [6.45, 7) is 4.10. The van der Waals surface area contributed by atoms with Gasteiger partial charge in [-0.2, -0.15) is 5.26 Å².